The summed E-state index contributed by atoms with van der Waals surface area (Å²) in [5, 5.41) is 21.7. The molecule has 0 aromatic heterocycles. The quantitative estimate of drug-likeness (QED) is 0.533. The highest BCUT2D eigenvalue weighted by atomic mass is 16.5. The van der Waals surface area contributed by atoms with Gasteiger partial charge in [0.15, 0.2) is 0 Å². The molecule has 0 saturated carbocycles. The summed E-state index contributed by atoms with van der Waals surface area (Å²) < 4.78 is 10.1. The molecule has 3 N–H and O–H groups in total. The normalized spacial score (nSPS) is 12.6. The fourth-order valence-corrected chi connectivity index (χ4v) is 1.57. The van der Waals surface area contributed by atoms with Gasteiger partial charge in [-0.3, -0.25) is 0 Å². The van der Waals surface area contributed by atoms with Crippen LogP contribution in [0.3, 0.4) is 0 Å². The Bertz CT molecular complexity index is 329. The van der Waals surface area contributed by atoms with Crippen molar-refractivity contribution in [2.75, 3.05) is 33.5 Å². The van der Waals surface area contributed by atoms with Crippen molar-refractivity contribution in [2.24, 2.45) is 0 Å². The van der Waals surface area contributed by atoms with E-state index >= 15 is 0 Å². The molecule has 0 amide bonds. The van der Waals surface area contributed by atoms with Crippen LogP contribution in [-0.4, -0.2) is 49.8 Å². The molecule has 1 aromatic rings. The molecular formula is C14H23NO4. The average Bonchev–Trinajstić information content (AvgIpc) is 2.44. The van der Waals surface area contributed by atoms with E-state index in [0.717, 1.165) is 11.1 Å². The lowest BCUT2D eigenvalue weighted by Crippen LogP contribution is -2.30. The van der Waals surface area contributed by atoms with E-state index in [1.54, 1.807) is 7.11 Å². The van der Waals surface area contributed by atoms with Crippen LogP contribution >= 0.6 is 0 Å². The van der Waals surface area contributed by atoms with Crippen LogP contribution in [0.1, 0.15) is 11.1 Å². The predicted octanol–water partition coefficient (Wildman–Crippen LogP) is 0.292. The van der Waals surface area contributed by atoms with Crippen molar-refractivity contribution >= 4 is 0 Å². The number of aliphatic hydroxyl groups excluding tert-OH is 2. The number of methoxy groups -OCH3 is 1. The molecule has 0 aliphatic rings. The highest BCUT2D eigenvalue weighted by Crippen LogP contribution is 2.03. The van der Waals surface area contributed by atoms with Gasteiger partial charge < -0.3 is 25.0 Å². The van der Waals surface area contributed by atoms with Crippen LogP contribution in [0.15, 0.2) is 24.3 Å². The molecule has 0 aliphatic heterocycles. The summed E-state index contributed by atoms with van der Waals surface area (Å²) in [6.45, 7) is 2.56. The summed E-state index contributed by atoms with van der Waals surface area (Å²) in [6.07, 6.45) is -0.520. The number of aliphatic hydroxyl groups is 2. The first-order valence-electron chi connectivity index (χ1n) is 6.40. The van der Waals surface area contributed by atoms with Crippen LogP contribution in [0.5, 0.6) is 0 Å². The van der Waals surface area contributed by atoms with Crippen molar-refractivity contribution in [3.8, 4) is 0 Å². The molecule has 108 valence electrons. The van der Waals surface area contributed by atoms with Gasteiger partial charge in [0.1, 0.15) is 0 Å². The molecule has 0 saturated heterocycles. The highest BCUT2D eigenvalue weighted by molar-refractivity contribution is 5.21. The second-order valence-electron chi connectivity index (χ2n) is 4.33. The van der Waals surface area contributed by atoms with Gasteiger partial charge in [-0.1, -0.05) is 24.3 Å². The van der Waals surface area contributed by atoms with Crippen molar-refractivity contribution in [3.63, 3.8) is 0 Å². The zero-order valence-electron chi connectivity index (χ0n) is 11.3. The highest BCUT2D eigenvalue weighted by Gasteiger charge is 2.03. The second-order valence-corrected chi connectivity index (χ2v) is 4.33. The smallest absolute Gasteiger partial charge is 0.0897 e. The van der Waals surface area contributed by atoms with Crippen molar-refractivity contribution in [3.05, 3.63) is 35.4 Å². The molecule has 0 aliphatic carbocycles. The van der Waals surface area contributed by atoms with E-state index in [9.17, 15) is 5.11 Å². The zero-order chi connectivity index (χ0) is 13.9. The van der Waals surface area contributed by atoms with Gasteiger partial charge in [-0.15, -0.1) is 0 Å². The monoisotopic (exact) mass is 269 g/mol. The minimum absolute atomic E-state index is 0.0607. The lowest BCUT2D eigenvalue weighted by atomic mass is 10.1. The number of nitrogens with one attached hydrogen (secondary N) is 1. The number of ether oxygens (including phenoxy) is 2. The number of hydrogen-bond donors (Lipinski definition) is 3. The number of benzene rings is 1. The third-order valence-electron chi connectivity index (χ3n) is 2.66. The minimum atomic E-state index is -0.520. The molecule has 1 unspecified atom stereocenters. The Morgan fingerprint density at radius 2 is 1.84 bits per heavy atom. The standard InChI is InChI=1S/C14H23NO4/c1-18-6-7-19-11-14(17)9-15-8-12-2-4-13(10-16)5-3-12/h2-5,14-17H,6-11H2,1H3. The summed E-state index contributed by atoms with van der Waals surface area (Å²) >= 11 is 0. The lowest BCUT2D eigenvalue weighted by molar-refractivity contribution is 0.0137. The fourth-order valence-electron chi connectivity index (χ4n) is 1.57. The van der Waals surface area contributed by atoms with Gasteiger partial charge in [-0.05, 0) is 11.1 Å². The molecule has 1 rings (SSSR count). The molecule has 1 aromatic carbocycles. The summed E-state index contributed by atoms with van der Waals surface area (Å²) in [5.74, 6) is 0. The van der Waals surface area contributed by atoms with Crippen molar-refractivity contribution < 1.29 is 19.7 Å². The van der Waals surface area contributed by atoms with Gasteiger partial charge in [0.05, 0.1) is 32.5 Å². The molecule has 0 spiro atoms. The maximum atomic E-state index is 9.65. The third-order valence-corrected chi connectivity index (χ3v) is 2.66. The second kappa shape index (κ2) is 9.89. The van der Waals surface area contributed by atoms with Crippen LogP contribution in [0.2, 0.25) is 0 Å². The summed E-state index contributed by atoms with van der Waals surface area (Å²) in [5.41, 5.74) is 2.01. The SMILES string of the molecule is COCCOCC(O)CNCc1ccc(CO)cc1. The van der Waals surface area contributed by atoms with E-state index in [2.05, 4.69) is 5.32 Å². The van der Waals surface area contributed by atoms with E-state index < -0.39 is 6.10 Å². The largest absolute Gasteiger partial charge is 0.392 e. The minimum Gasteiger partial charge on any atom is -0.392 e. The van der Waals surface area contributed by atoms with Crippen molar-refractivity contribution in [1.29, 1.82) is 0 Å². The van der Waals surface area contributed by atoms with E-state index in [1.165, 1.54) is 0 Å². The Morgan fingerprint density at radius 3 is 2.47 bits per heavy atom. The molecule has 19 heavy (non-hydrogen) atoms. The fraction of sp³-hybridized carbons (Fsp3) is 0.571. The molecule has 5 nitrogen and oxygen atoms in total. The van der Waals surface area contributed by atoms with Crippen LogP contribution in [0.25, 0.3) is 0 Å². The van der Waals surface area contributed by atoms with Gasteiger partial charge in [0.25, 0.3) is 0 Å². The molecule has 0 fully saturated rings. The van der Waals surface area contributed by atoms with Crippen LogP contribution in [0, 0.1) is 0 Å². The molecule has 5 heteroatoms. The van der Waals surface area contributed by atoms with Gasteiger partial charge in [0, 0.05) is 20.2 Å². The Balaban J connectivity index is 2.11. The van der Waals surface area contributed by atoms with E-state index in [1.807, 2.05) is 24.3 Å². The average molecular weight is 269 g/mol. The number of rotatable bonds is 10. The third kappa shape index (κ3) is 7.25. The maximum Gasteiger partial charge on any atom is 0.0897 e. The van der Waals surface area contributed by atoms with Crippen molar-refractivity contribution in [1.82, 2.24) is 5.32 Å². The lowest BCUT2D eigenvalue weighted by Gasteiger charge is -2.12. The van der Waals surface area contributed by atoms with Crippen LogP contribution in [-0.2, 0) is 22.6 Å². The van der Waals surface area contributed by atoms with E-state index in [0.29, 0.717) is 32.9 Å². The topological polar surface area (TPSA) is 71.0 Å². The Labute approximate surface area is 114 Å². The van der Waals surface area contributed by atoms with Gasteiger partial charge in [-0.2, -0.15) is 0 Å². The molecule has 1 atom stereocenters. The predicted molar refractivity (Wildman–Crippen MR) is 72.8 cm³/mol. The van der Waals surface area contributed by atoms with Crippen molar-refractivity contribution in [2.45, 2.75) is 19.3 Å². The maximum absolute atomic E-state index is 9.65. The first-order chi connectivity index (χ1) is 9.26. The van der Waals surface area contributed by atoms with Crippen LogP contribution in [0.4, 0.5) is 0 Å². The number of hydrogen-bond acceptors (Lipinski definition) is 5. The zero-order valence-corrected chi connectivity index (χ0v) is 11.3. The van der Waals surface area contributed by atoms with Gasteiger partial charge in [0.2, 0.25) is 0 Å². The summed E-state index contributed by atoms with van der Waals surface area (Å²) in [4.78, 5) is 0. The Hall–Kier alpha value is -0.980. The van der Waals surface area contributed by atoms with Gasteiger partial charge >= 0.3 is 0 Å². The summed E-state index contributed by atoms with van der Waals surface area (Å²) in [7, 11) is 1.61. The molecule has 0 bridgehead atoms. The van der Waals surface area contributed by atoms with E-state index in [-0.39, 0.29) is 6.61 Å². The van der Waals surface area contributed by atoms with Gasteiger partial charge in [-0.25, -0.2) is 0 Å². The Morgan fingerprint density at radius 1 is 1.16 bits per heavy atom. The molecule has 0 heterocycles. The molecule has 0 radical (unpaired) electrons. The van der Waals surface area contributed by atoms with Crippen LogP contribution < -0.4 is 5.32 Å². The molecular weight excluding hydrogens is 246 g/mol. The first-order valence-corrected chi connectivity index (χ1v) is 6.40. The first kappa shape index (κ1) is 16.1. The van der Waals surface area contributed by atoms with E-state index in [4.69, 9.17) is 14.6 Å². The Kier molecular flexibility index (Phi) is 8.36. The summed E-state index contributed by atoms with van der Waals surface area (Å²) in [6, 6.07) is 7.70.